The summed E-state index contributed by atoms with van der Waals surface area (Å²) in [7, 11) is -3.06. The van der Waals surface area contributed by atoms with Gasteiger partial charge < -0.3 is 5.32 Å². The Morgan fingerprint density at radius 1 is 1.38 bits per heavy atom. The second kappa shape index (κ2) is 6.57. The summed E-state index contributed by atoms with van der Waals surface area (Å²) in [5.74, 6) is 0.268. The van der Waals surface area contributed by atoms with Gasteiger partial charge in [-0.05, 0) is 25.8 Å². The van der Waals surface area contributed by atoms with Crippen molar-refractivity contribution in [1.29, 1.82) is 0 Å². The van der Waals surface area contributed by atoms with E-state index in [1.807, 2.05) is 6.92 Å². The first-order valence-corrected chi connectivity index (χ1v) is 7.92. The van der Waals surface area contributed by atoms with Gasteiger partial charge in [0.1, 0.15) is 0 Å². The van der Waals surface area contributed by atoms with Gasteiger partial charge in [-0.15, -0.1) is 0 Å². The Bertz CT molecular complexity index is 284. The second-order valence-corrected chi connectivity index (χ2v) is 6.43. The number of hydrogen-bond acceptors (Lipinski definition) is 3. The average Bonchev–Trinajstić information content (AvgIpc) is 2.70. The van der Waals surface area contributed by atoms with Gasteiger partial charge >= 0.3 is 0 Å². The lowest BCUT2D eigenvalue weighted by Gasteiger charge is -2.22. The highest BCUT2D eigenvalue weighted by atomic mass is 32.2. The number of sulfonamides is 1. The molecule has 1 aliphatic rings. The molecule has 1 heterocycles. The third-order valence-corrected chi connectivity index (χ3v) is 5.13. The number of hydrogen-bond donors (Lipinski definition) is 1. The summed E-state index contributed by atoms with van der Waals surface area (Å²) in [5.41, 5.74) is 0. The number of nitrogens with zero attached hydrogens (tertiary/aromatic N) is 1. The van der Waals surface area contributed by atoms with Crippen molar-refractivity contribution < 1.29 is 8.42 Å². The van der Waals surface area contributed by atoms with Crippen molar-refractivity contribution in [3.8, 4) is 0 Å². The fraction of sp³-hybridized carbons (Fsp3) is 1.00. The lowest BCUT2D eigenvalue weighted by atomic mass is 10.3. The Balaban J connectivity index is 2.51. The normalized spacial score (nSPS) is 21.8. The summed E-state index contributed by atoms with van der Waals surface area (Å²) >= 11 is 0. The first-order chi connectivity index (χ1) is 7.60. The van der Waals surface area contributed by atoms with Gasteiger partial charge in [0.25, 0.3) is 0 Å². The first-order valence-electron chi connectivity index (χ1n) is 6.31. The minimum atomic E-state index is -3.06. The van der Waals surface area contributed by atoms with Crippen molar-refractivity contribution in [3.05, 3.63) is 0 Å². The molecule has 1 N–H and O–H groups in total. The molecule has 5 heteroatoms. The molecular formula is C11H24N2O2S. The highest BCUT2D eigenvalue weighted by molar-refractivity contribution is 7.89. The minimum Gasteiger partial charge on any atom is -0.313 e. The summed E-state index contributed by atoms with van der Waals surface area (Å²) in [6.45, 7) is 6.21. The molecule has 0 spiro atoms. The van der Waals surface area contributed by atoms with Gasteiger partial charge in [-0.25, -0.2) is 12.7 Å². The van der Waals surface area contributed by atoms with Crippen molar-refractivity contribution >= 4 is 10.0 Å². The van der Waals surface area contributed by atoms with Crippen molar-refractivity contribution in [2.75, 3.05) is 25.4 Å². The van der Waals surface area contributed by atoms with Crippen LogP contribution < -0.4 is 5.32 Å². The van der Waals surface area contributed by atoms with E-state index in [0.29, 0.717) is 13.1 Å². The molecular weight excluding hydrogens is 224 g/mol. The number of nitrogens with one attached hydrogen (secondary N) is 1. The maximum Gasteiger partial charge on any atom is 0.215 e. The van der Waals surface area contributed by atoms with Gasteiger partial charge in [0, 0.05) is 19.1 Å². The molecule has 16 heavy (non-hydrogen) atoms. The van der Waals surface area contributed by atoms with Crippen LogP contribution >= 0.6 is 0 Å². The Kier molecular flexibility index (Phi) is 5.72. The van der Waals surface area contributed by atoms with E-state index in [2.05, 4.69) is 12.2 Å². The van der Waals surface area contributed by atoms with E-state index in [1.54, 1.807) is 4.31 Å². The summed E-state index contributed by atoms with van der Waals surface area (Å²) in [6.07, 6.45) is 4.07. The molecule has 1 unspecified atom stereocenters. The second-order valence-electron chi connectivity index (χ2n) is 4.42. The van der Waals surface area contributed by atoms with Crippen LogP contribution in [-0.4, -0.2) is 44.2 Å². The van der Waals surface area contributed by atoms with Crippen molar-refractivity contribution in [1.82, 2.24) is 9.62 Å². The van der Waals surface area contributed by atoms with Gasteiger partial charge in [-0.1, -0.05) is 20.3 Å². The van der Waals surface area contributed by atoms with E-state index >= 15 is 0 Å². The van der Waals surface area contributed by atoms with Crippen LogP contribution in [0.4, 0.5) is 0 Å². The molecule has 1 saturated heterocycles. The van der Waals surface area contributed by atoms with Crippen LogP contribution in [-0.2, 0) is 10.0 Å². The lowest BCUT2D eigenvalue weighted by molar-refractivity contribution is 0.414. The van der Waals surface area contributed by atoms with Gasteiger partial charge in [0.05, 0.1) is 5.75 Å². The summed E-state index contributed by atoms with van der Waals surface area (Å²) in [6, 6.07) is 0.167. The third-order valence-electron chi connectivity index (χ3n) is 3.08. The molecule has 0 aromatic heterocycles. The minimum absolute atomic E-state index is 0.167. The van der Waals surface area contributed by atoms with Gasteiger partial charge in [0.15, 0.2) is 0 Å². The molecule has 0 aromatic rings. The smallest absolute Gasteiger partial charge is 0.215 e. The zero-order valence-electron chi connectivity index (χ0n) is 10.4. The van der Waals surface area contributed by atoms with Gasteiger partial charge in [-0.3, -0.25) is 0 Å². The van der Waals surface area contributed by atoms with Crippen LogP contribution in [0.5, 0.6) is 0 Å². The van der Waals surface area contributed by atoms with Gasteiger partial charge in [-0.2, -0.15) is 0 Å². The summed E-state index contributed by atoms with van der Waals surface area (Å²) < 4.78 is 25.8. The highest BCUT2D eigenvalue weighted by Crippen LogP contribution is 2.11. The molecule has 0 amide bonds. The van der Waals surface area contributed by atoms with E-state index in [0.717, 1.165) is 32.2 Å². The third kappa shape index (κ3) is 4.03. The van der Waals surface area contributed by atoms with E-state index in [4.69, 9.17) is 0 Å². The maximum atomic E-state index is 12.1. The number of rotatable bonds is 7. The molecule has 0 saturated carbocycles. The average molecular weight is 248 g/mol. The summed E-state index contributed by atoms with van der Waals surface area (Å²) in [5, 5.41) is 3.24. The summed E-state index contributed by atoms with van der Waals surface area (Å²) in [4.78, 5) is 0. The van der Waals surface area contributed by atoms with E-state index in [1.165, 1.54) is 0 Å². The van der Waals surface area contributed by atoms with Crippen LogP contribution in [0.25, 0.3) is 0 Å². The van der Waals surface area contributed by atoms with Crippen LogP contribution in [0, 0.1) is 0 Å². The van der Waals surface area contributed by atoms with Crippen LogP contribution in [0.1, 0.15) is 39.5 Å². The van der Waals surface area contributed by atoms with Crippen molar-refractivity contribution in [3.63, 3.8) is 0 Å². The Labute approximate surface area is 99.5 Å². The molecule has 0 bridgehead atoms. The van der Waals surface area contributed by atoms with E-state index in [9.17, 15) is 8.42 Å². The maximum absolute atomic E-state index is 12.1. The van der Waals surface area contributed by atoms with Crippen molar-refractivity contribution in [2.24, 2.45) is 0 Å². The predicted octanol–water partition coefficient (Wildman–Crippen LogP) is 1.19. The molecule has 0 aliphatic carbocycles. The standard InChI is InChI=1S/C11H24N2O2S/c1-3-5-9-13(4-2)16(14,15)10-11-7-6-8-12-11/h11-12H,3-10H2,1-2H3. The first kappa shape index (κ1) is 13.9. The number of unbranched alkanes of at least 4 members (excludes halogenated alkanes) is 1. The van der Waals surface area contributed by atoms with Crippen LogP contribution in [0.2, 0.25) is 0 Å². The van der Waals surface area contributed by atoms with Crippen molar-refractivity contribution in [2.45, 2.75) is 45.6 Å². The van der Waals surface area contributed by atoms with Gasteiger partial charge in [0.2, 0.25) is 10.0 Å². The Morgan fingerprint density at radius 3 is 2.62 bits per heavy atom. The molecule has 4 nitrogen and oxygen atoms in total. The zero-order valence-corrected chi connectivity index (χ0v) is 11.2. The Morgan fingerprint density at radius 2 is 2.12 bits per heavy atom. The molecule has 96 valence electrons. The SMILES string of the molecule is CCCCN(CC)S(=O)(=O)CC1CCCN1. The molecule has 1 atom stereocenters. The van der Waals surface area contributed by atoms with Crippen LogP contribution in [0.15, 0.2) is 0 Å². The predicted molar refractivity (Wildman–Crippen MR) is 67.0 cm³/mol. The Hall–Kier alpha value is -0.130. The van der Waals surface area contributed by atoms with E-state index in [-0.39, 0.29) is 11.8 Å². The molecule has 1 fully saturated rings. The fourth-order valence-electron chi connectivity index (χ4n) is 2.09. The lowest BCUT2D eigenvalue weighted by Crippen LogP contribution is -2.40. The van der Waals surface area contributed by atoms with Crippen LogP contribution in [0.3, 0.4) is 0 Å². The molecule has 1 aliphatic heterocycles. The quantitative estimate of drug-likeness (QED) is 0.736. The zero-order chi connectivity index (χ0) is 12.0. The van der Waals surface area contributed by atoms with E-state index < -0.39 is 10.0 Å². The monoisotopic (exact) mass is 248 g/mol. The highest BCUT2D eigenvalue weighted by Gasteiger charge is 2.26. The topological polar surface area (TPSA) is 49.4 Å². The molecule has 0 aromatic carbocycles. The molecule has 0 radical (unpaired) electrons. The molecule has 1 rings (SSSR count). The largest absolute Gasteiger partial charge is 0.313 e. The fourth-order valence-corrected chi connectivity index (χ4v) is 3.89.